The third kappa shape index (κ3) is 5.46. The molecule has 7 heteroatoms. The minimum absolute atomic E-state index is 0.0956. The van der Waals surface area contributed by atoms with Crippen LogP contribution in [0.15, 0.2) is 59.2 Å². The molecule has 140 valence electrons. The summed E-state index contributed by atoms with van der Waals surface area (Å²) in [5.74, 6) is 0.163. The number of benzene rings is 1. The molecule has 2 amide bonds. The fraction of sp³-hybridized carbons (Fsp3) is 0.200. The third-order valence-electron chi connectivity index (χ3n) is 3.73. The van der Waals surface area contributed by atoms with Crippen molar-refractivity contribution in [2.75, 3.05) is 11.9 Å². The zero-order valence-corrected chi connectivity index (χ0v) is 15.7. The average molecular weight is 384 g/mol. The zero-order chi connectivity index (χ0) is 19.1. The molecule has 2 aromatic heterocycles. The molecule has 3 rings (SSSR count). The molecule has 6 nitrogen and oxygen atoms in total. The first-order chi connectivity index (χ1) is 13.1. The predicted molar refractivity (Wildman–Crippen MR) is 104 cm³/mol. The maximum Gasteiger partial charge on any atom is 0.291 e. The van der Waals surface area contributed by atoms with Crippen LogP contribution in [0.5, 0.6) is 5.75 Å². The lowest BCUT2D eigenvalue weighted by atomic mass is 10.3. The topological polar surface area (TPSA) is 80.6 Å². The van der Waals surface area contributed by atoms with Gasteiger partial charge in [-0.15, -0.1) is 11.3 Å². The van der Waals surface area contributed by atoms with Gasteiger partial charge in [0, 0.05) is 21.5 Å². The van der Waals surface area contributed by atoms with Gasteiger partial charge in [-0.25, -0.2) is 0 Å². The number of carbonyl (C=O) groups excluding carboxylic acids is 2. The van der Waals surface area contributed by atoms with Crippen molar-refractivity contribution in [3.63, 3.8) is 0 Å². The van der Waals surface area contributed by atoms with E-state index in [4.69, 9.17) is 9.15 Å². The van der Waals surface area contributed by atoms with E-state index in [2.05, 4.69) is 23.6 Å². The van der Waals surface area contributed by atoms with E-state index in [0.29, 0.717) is 18.0 Å². The summed E-state index contributed by atoms with van der Waals surface area (Å²) >= 11 is 1.69. The largest absolute Gasteiger partial charge is 0.484 e. The summed E-state index contributed by atoms with van der Waals surface area (Å²) in [6, 6.07) is 14.2. The normalized spacial score (nSPS) is 10.4. The van der Waals surface area contributed by atoms with Crippen molar-refractivity contribution in [3.8, 4) is 5.75 Å². The maximum atomic E-state index is 12.0. The first-order valence-electron chi connectivity index (χ1n) is 8.56. The first-order valence-corrected chi connectivity index (χ1v) is 9.37. The number of carbonyl (C=O) groups is 2. The molecule has 0 radical (unpaired) electrons. The Bertz CT molecular complexity index is 902. The maximum absolute atomic E-state index is 12.0. The van der Waals surface area contributed by atoms with Crippen molar-refractivity contribution in [2.45, 2.75) is 19.9 Å². The third-order valence-corrected chi connectivity index (χ3v) is 4.96. The van der Waals surface area contributed by atoms with Gasteiger partial charge in [-0.05, 0) is 42.8 Å². The number of anilines is 1. The number of furan rings is 1. The Morgan fingerprint density at radius 1 is 1.11 bits per heavy atom. The molecular weight excluding hydrogens is 364 g/mol. The summed E-state index contributed by atoms with van der Waals surface area (Å²) in [5, 5.41) is 5.55. The van der Waals surface area contributed by atoms with Gasteiger partial charge in [-0.1, -0.05) is 13.0 Å². The predicted octanol–water partition coefficient (Wildman–Crippen LogP) is 3.85. The number of nitrogens with one attached hydrogen (secondary N) is 2. The molecule has 0 aliphatic rings. The average Bonchev–Trinajstić information content (AvgIpc) is 3.36. The molecule has 0 fully saturated rings. The van der Waals surface area contributed by atoms with Crippen molar-refractivity contribution in [1.29, 1.82) is 0 Å². The fourth-order valence-corrected chi connectivity index (χ4v) is 3.25. The van der Waals surface area contributed by atoms with Crippen molar-refractivity contribution in [1.82, 2.24) is 5.32 Å². The molecule has 0 saturated carbocycles. The van der Waals surface area contributed by atoms with Crippen LogP contribution >= 0.6 is 11.3 Å². The Hall–Kier alpha value is -3.06. The van der Waals surface area contributed by atoms with Crippen molar-refractivity contribution in [3.05, 3.63) is 70.3 Å². The molecule has 2 N–H and O–H groups in total. The van der Waals surface area contributed by atoms with Crippen LogP contribution in [0.2, 0.25) is 0 Å². The number of ether oxygens (including phenoxy) is 1. The lowest BCUT2D eigenvalue weighted by Crippen LogP contribution is -2.28. The molecule has 0 spiro atoms. The minimum atomic E-state index is -0.350. The summed E-state index contributed by atoms with van der Waals surface area (Å²) < 4.78 is 10.6. The summed E-state index contributed by atoms with van der Waals surface area (Å²) in [7, 11) is 0. The monoisotopic (exact) mass is 384 g/mol. The molecule has 0 unspecified atom stereocenters. The SMILES string of the molecule is CCc1ccc(CNC(=O)COc2cccc(NC(=O)c3ccco3)c2)s1. The Balaban J connectivity index is 1.47. The van der Waals surface area contributed by atoms with E-state index in [0.717, 1.165) is 11.3 Å². The van der Waals surface area contributed by atoms with E-state index < -0.39 is 0 Å². The summed E-state index contributed by atoms with van der Waals surface area (Å²) in [6.45, 7) is 2.50. The van der Waals surface area contributed by atoms with Crippen molar-refractivity contribution >= 4 is 28.8 Å². The number of amides is 2. The second kappa shape index (κ2) is 9.05. The Morgan fingerprint density at radius 2 is 1.96 bits per heavy atom. The second-order valence-corrected chi connectivity index (χ2v) is 7.00. The number of hydrogen-bond donors (Lipinski definition) is 2. The molecular formula is C20H20N2O4S. The molecule has 27 heavy (non-hydrogen) atoms. The highest BCUT2D eigenvalue weighted by atomic mass is 32.1. The van der Waals surface area contributed by atoms with Gasteiger partial charge in [-0.2, -0.15) is 0 Å². The highest BCUT2D eigenvalue weighted by molar-refractivity contribution is 7.11. The van der Waals surface area contributed by atoms with Crippen molar-refractivity contribution in [2.24, 2.45) is 0 Å². The number of hydrogen-bond acceptors (Lipinski definition) is 5. The molecule has 0 bridgehead atoms. The number of rotatable bonds is 8. The van der Waals surface area contributed by atoms with Gasteiger partial charge in [0.15, 0.2) is 12.4 Å². The Kier molecular flexibility index (Phi) is 6.27. The van der Waals surface area contributed by atoms with Gasteiger partial charge in [-0.3, -0.25) is 9.59 Å². The fourth-order valence-electron chi connectivity index (χ4n) is 2.36. The van der Waals surface area contributed by atoms with E-state index in [9.17, 15) is 9.59 Å². The minimum Gasteiger partial charge on any atom is -0.484 e. The molecule has 0 aliphatic heterocycles. The van der Waals surface area contributed by atoms with E-state index >= 15 is 0 Å². The lowest BCUT2D eigenvalue weighted by Gasteiger charge is -2.09. The first kappa shape index (κ1) is 18.7. The van der Waals surface area contributed by atoms with E-state index in [-0.39, 0.29) is 24.2 Å². The smallest absolute Gasteiger partial charge is 0.291 e. The highest BCUT2D eigenvalue weighted by Crippen LogP contribution is 2.19. The zero-order valence-electron chi connectivity index (χ0n) is 14.9. The Labute approximate surface area is 161 Å². The number of aryl methyl sites for hydroxylation is 1. The molecule has 2 heterocycles. The van der Waals surface area contributed by atoms with Crippen LogP contribution in [0.4, 0.5) is 5.69 Å². The molecule has 0 saturated heterocycles. The second-order valence-electron chi connectivity index (χ2n) is 5.75. The quantitative estimate of drug-likeness (QED) is 0.618. The van der Waals surface area contributed by atoms with Gasteiger partial charge in [0.05, 0.1) is 12.8 Å². The van der Waals surface area contributed by atoms with E-state index in [1.54, 1.807) is 47.7 Å². The van der Waals surface area contributed by atoms with Crippen LogP contribution in [0.1, 0.15) is 27.2 Å². The van der Waals surface area contributed by atoms with Crippen molar-refractivity contribution < 1.29 is 18.7 Å². The number of thiophene rings is 1. The van der Waals surface area contributed by atoms with Crippen LogP contribution in [-0.4, -0.2) is 18.4 Å². The molecule has 0 aliphatic carbocycles. The Morgan fingerprint density at radius 3 is 2.70 bits per heavy atom. The standard InChI is InChI=1S/C20H20N2O4S/c1-2-16-8-9-17(27-16)12-21-19(23)13-26-15-6-3-5-14(11-15)22-20(24)18-7-4-10-25-18/h3-11H,2,12-13H2,1H3,(H,21,23)(H,22,24). The highest BCUT2D eigenvalue weighted by Gasteiger charge is 2.10. The van der Waals surface area contributed by atoms with Gasteiger partial charge >= 0.3 is 0 Å². The lowest BCUT2D eigenvalue weighted by molar-refractivity contribution is -0.123. The summed E-state index contributed by atoms with van der Waals surface area (Å²) in [5.41, 5.74) is 0.556. The van der Waals surface area contributed by atoms with E-state index in [1.165, 1.54) is 11.1 Å². The summed E-state index contributed by atoms with van der Waals surface area (Å²) in [6.07, 6.45) is 2.43. The summed E-state index contributed by atoms with van der Waals surface area (Å²) in [4.78, 5) is 26.4. The van der Waals surface area contributed by atoms with Crippen LogP contribution in [0.25, 0.3) is 0 Å². The van der Waals surface area contributed by atoms with E-state index in [1.807, 2.05) is 6.07 Å². The van der Waals surface area contributed by atoms with Gasteiger partial charge in [0.1, 0.15) is 5.75 Å². The molecule has 0 atom stereocenters. The van der Waals surface area contributed by atoms with Crippen LogP contribution in [-0.2, 0) is 17.8 Å². The van der Waals surface area contributed by atoms with Gasteiger partial charge in [0.2, 0.25) is 0 Å². The van der Waals surface area contributed by atoms with Crippen LogP contribution in [0.3, 0.4) is 0 Å². The van der Waals surface area contributed by atoms with Gasteiger partial charge in [0.25, 0.3) is 11.8 Å². The van der Waals surface area contributed by atoms with Gasteiger partial charge < -0.3 is 19.8 Å². The van der Waals surface area contributed by atoms with Crippen LogP contribution in [0, 0.1) is 0 Å². The van der Waals surface area contributed by atoms with Crippen LogP contribution < -0.4 is 15.4 Å². The molecule has 3 aromatic rings. The molecule has 1 aromatic carbocycles.